The van der Waals surface area contributed by atoms with Crippen LogP contribution in [0.3, 0.4) is 0 Å². The Bertz CT molecular complexity index is 478. The Kier molecular flexibility index (Phi) is 3.62. The number of anilines is 1. The minimum absolute atomic E-state index is 0.289. The molecule has 0 aromatic carbocycles. The van der Waals surface area contributed by atoms with Crippen molar-refractivity contribution in [3.05, 3.63) is 11.8 Å². The minimum Gasteiger partial charge on any atom is -0.368 e. The number of nitrogen functional groups attached to an aromatic ring is 1. The summed E-state index contributed by atoms with van der Waals surface area (Å²) in [5.74, 6) is 0.289. The van der Waals surface area contributed by atoms with Gasteiger partial charge >= 0.3 is 0 Å². The molecule has 0 radical (unpaired) electrons. The molecule has 2 aromatic heterocycles. The highest BCUT2D eigenvalue weighted by molar-refractivity contribution is 8.02. The van der Waals surface area contributed by atoms with Crippen LogP contribution in [-0.2, 0) is 0 Å². The van der Waals surface area contributed by atoms with Gasteiger partial charge < -0.3 is 5.73 Å². The zero-order valence-corrected chi connectivity index (χ0v) is 11.1. The largest absolute Gasteiger partial charge is 0.368 e. The number of aromatic nitrogens is 4. The standard InChI is InChI=1S/C8H9N5S3/c1-4-3-5(11-6(9)10-4)15-8-13-12-7(14-2)16-8/h3H,1-2H3,(H2,9,10,11). The smallest absolute Gasteiger partial charge is 0.221 e. The minimum atomic E-state index is 0.289. The van der Waals surface area contributed by atoms with E-state index in [1.165, 1.54) is 11.8 Å². The summed E-state index contributed by atoms with van der Waals surface area (Å²) in [6.45, 7) is 1.88. The molecule has 0 saturated heterocycles. The van der Waals surface area contributed by atoms with Gasteiger partial charge in [0.15, 0.2) is 8.68 Å². The summed E-state index contributed by atoms with van der Waals surface area (Å²) in [7, 11) is 0. The SMILES string of the molecule is CSc1nnc(Sc2cc(C)nc(N)n2)s1. The van der Waals surface area contributed by atoms with Gasteiger partial charge in [0.05, 0.1) is 0 Å². The third kappa shape index (κ3) is 2.83. The van der Waals surface area contributed by atoms with E-state index in [1.54, 1.807) is 23.1 Å². The van der Waals surface area contributed by atoms with E-state index in [0.717, 1.165) is 19.4 Å². The number of thioether (sulfide) groups is 1. The lowest BCUT2D eigenvalue weighted by Gasteiger charge is -1.99. The van der Waals surface area contributed by atoms with Crippen molar-refractivity contribution in [2.24, 2.45) is 0 Å². The Labute approximate surface area is 105 Å². The van der Waals surface area contributed by atoms with Crippen molar-refractivity contribution in [3.63, 3.8) is 0 Å². The van der Waals surface area contributed by atoms with Crippen molar-refractivity contribution < 1.29 is 0 Å². The predicted octanol–water partition coefficient (Wildman–Crippen LogP) is 2.09. The molecule has 2 aromatic rings. The molecule has 0 amide bonds. The van der Waals surface area contributed by atoms with Gasteiger partial charge in [-0.2, -0.15) is 0 Å². The highest BCUT2D eigenvalue weighted by atomic mass is 32.2. The summed E-state index contributed by atoms with van der Waals surface area (Å²) >= 11 is 4.58. The van der Waals surface area contributed by atoms with Gasteiger partial charge in [-0.3, -0.25) is 0 Å². The van der Waals surface area contributed by atoms with Crippen LogP contribution in [0.2, 0.25) is 0 Å². The lowest BCUT2D eigenvalue weighted by atomic mass is 10.5. The van der Waals surface area contributed by atoms with Crippen LogP contribution < -0.4 is 5.73 Å². The molecule has 0 aliphatic rings. The van der Waals surface area contributed by atoms with Crippen molar-refractivity contribution in [3.8, 4) is 0 Å². The maximum Gasteiger partial charge on any atom is 0.221 e. The molecule has 0 saturated carbocycles. The summed E-state index contributed by atoms with van der Waals surface area (Å²) in [5, 5.41) is 8.86. The molecule has 8 heteroatoms. The van der Waals surface area contributed by atoms with Crippen molar-refractivity contribution in [2.45, 2.75) is 20.6 Å². The van der Waals surface area contributed by atoms with Crippen LogP contribution in [0.25, 0.3) is 0 Å². The number of hydrogen-bond acceptors (Lipinski definition) is 8. The topological polar surface area (TPSA) is 77.6 Å². The van der Waals surface area contributed by atoms with Crippen molar-refractivity contribution >= 4 is 40.8 Å². The van der Waals surface area contributed by atoms with Crippen LogP contribution in [0.15, 0.2) is 19.8 Å². The van der Waals surface area contributed by atoms with E-state index in [0.29, 0.717) is 0 Å². The summed E-state index contributed by atoms with van der Waals surface area (Å²) in [6.07, 6.45) is 1.97. The first kappa shape index (κ1) is 11.6. The van der Waals surface area contributed by atoms with E-state index in [9.17, 15) is 0 Å². The fourth-order valence-electron chi connectivity index (χ4n) is 1.02. The molecule has 0 aliphatic carbocycles. The Hall–Kier alpha value is -0.860. The normalized spacial score (nSPS) is 10.6. The average molecular weight is 271 g/mol. The molecule has 0 bridgehead atoms. The molecule has 0 fully saturated rings. The first-order chi connectivity index (χ1) is 7.67. The van der Waals surface area contributed by atoms with Gasteiger partial charge in [0, 0.05) is 5.69 Å². The second-order valence-electron chi connectivity index (χ2n) is 2.85. The summed E-state index contributed by atoms with van der Waals surface area (Å²) in [6, 6.07) is 1.88. The quantitative estimate of drug-likeness (QED) is 0.676. The Balaban J connectivity index is 2.19. The van der Waals surface area contributed by atoms with Crippen molar-refractivity contribution in [1.29, 1.82) is 0 Å². The fourth-order valence-corrected chi connectivity index (χ4v) is 3.48. The Morgan fingerprint density at radius 2 is 2.00 bits per heavy atom. The molecule has 5 nitrogen and oxygen atoms in total. The van der Waals surface area contributed by atoms with Gasteiger partial charge in [0.25, 0.3) is 0 Å². The average Bonchev–Trinajstić information content (AvgIpc) is 2.64. The molecule has 2 rings (SSSR count). The van der Waals surface area contributed by atoms with Crippen molar-refractivity contribution in [1.82, 2.24) is 20.2 Å². The van der Waals surface area contributed by atoms with E-state index in [1.807, 2.05) is 19.2 Å². The molecular formula is C8H9N5S3. The fraction of sp³-hybridized carbons (Fsp3) is 0.250. The molecule has 2 N–H and O–H groups in total. The third-order valence-corrected chi connectivity index (χ3v) is 4.47. The van der Waals surface area contributed by atoms with E-state index in [4.69, 9.17) is 5.73 Å². The summed E-state index contributed by atoms with van der Waals surface area (Å²) in [4.78, 5) is 8.14. The number of nitrogens with two attached hydrogens (primary N) is 1. The molecule has 16 heavy (non-hydrogen) atoms. The van der Waals surface area contributed by atoms with Gasteiger partial charge in [-0.25, -0.2) is 9.97 Å². The van der Waals surface area contributed by atoms with Gasteiger partial charge in [-0.15, -0.1) is 10.2 Å². The van der Waals surface area contributed by atoms with Gasteiger partial charge in [0.2, 0.25) is 5.95 Å². The predicted molar refractivity (Wildman–Crippen MR) is 67.0 cm³/mol. The van der Waals surface area contributed by atoms with Crippen LogP contribution in [-0.4, -0.2) is 26.4 Å². The monoisotopic (exact) mass is 271 g/mol. The van der Waals surface area contributed by atoms with E-state index in [-0.39, 0.29) is 5.95 Å². The van der Waals surface area contributed by atoms with Crippen LogP contribution >= 0.6 is 34.9 Å². The molecule has 0 spiro atoms. The lowest BCUT2D eigenvalue weighted by molar-refractivity contribution is 0.951. The van der Waals surface area contributed by atoms with Crippen LogP contribution in [0.1, 0.15) is 5.69 Å². The Morgan fingerprint density at radius 1 is 1.25 bits per heavy atom. The number of rotatable bonds is 3. The van der Waals surface area contributed by atoms with Gasteiger partial charge in [0.1, 0.15) is 5.03 Å². The number of aryl methyl sites for hydroxylation is 1. The summed E-state index contributed by atoms with van der Waals surface area (Å²) in [5.41, 5.74) is 6.42. The summed E-state index contributed by atoms with van der Waals surface area (Å²) < 4.78 is 1.81. The molecule has 0 atom stereocenters. The number of hydrogen-bond donors (Lipinski definition) is 1. The van der Waals surface area contributed by atoms with E-state index in [2.05, 4.69) is 20.2 Å². The first-order valence-electron chi connectivity index (χ1n) is 4.34. The van der Waals surface area contributed by atoms with Gasteiger partial charge in [-0.05, 0) is 31.0 Å². The first-order valence-corrected chi connectivity index (χ1v) is 7.19. The highest BCUT2D eigenvalue weighted by Crippen LogP contribution is 2.31. The van der Waals surface area contributed by atoms with Crippen LogP contribution in [0.4, 0.5) is 5.95 Å². The van der Waals surface area contributed by atoms with Crippen molar-refractivity contribution in [2.75, 3.05) is 12.0 Å². The van der Waals surface area contributed by atoms with E-state index >= 15 is 0 Å². The molecule has 0 unspecified atom stereocenters. The number of nitrogens with zero attached hydrogens (tertiary/aromatic N) is 4. The zero-order chi connectivity index (χ0) is 11.5. The molecule has 2 heterocycles. The van der Waals surface area contributed by atoms with Crippen LogP contribution in [0.5, 0.6) is 0 Å². The van der Waals surface area contributed by atoms with E-state index < -0.39 is 0 Å². The third-order valence-electron chi connectivity index (χ3n) is 1.60. The van der Waals surface area contributed by atoms with Gasteiger partial charge in [-0.1, -0.05) is 23.1 Å². The molecule has 0 aliphatic heterocycles. The second-order valence-corrected chi connectivity index (χ2v) is 6.14. The second kappa shape index (κ2) is 4.98. The Morgan fingerprint density at radius 3 is 2.62 bits per heavy atom. The molecule has 84 valence electrons. The maximum absolute atomic E-state index is 5.57. The lowest BCUT2D eigenvalue weighted by Crippen LogP contribution is -1.97. The maximum atomic E-state index is 5.57. The highest BCUT2D eigenvalue weighted by Gasteiger charge is 2.07. The van der Waals surface area contributed by atoms with Crippen LogP contribution in [0, 0.1) is 6.92 Å². The molecular weight excluding hydrogens is 262 g/mol. The zero-order valence-electron chi connectivity index (χ0n) is 8.67.